The summed E-state index contributed by atoms with van der Waals surface area (Å²) in [6, 6.07) is 7.25. The van der Waals surface area contributed by atoms with Crippen molar-refractivity contribution in [2.75, 3.05) is 18.4 Å². The zero-order chi connectivity index (χ0) is 17.2. The number of aromatic amines is 1. The second-order valence-electron chi connectivity index (χ2n) is 6.26. The second kappa shape index (κ2) is 6.43. The van der Waals surface area contributed by atoms with Gasteiger partial charge < -0.3 is 14.6 Å². The van der Waals surface area contributed by atoms with Crippen LogP contribution in [0, 0.1) is 5.92 Å². The Kier molecular flexibility index (Phi) is 3.97. The number of H-pyrrole nitrogens is 1. The van der Waals surface area contributed by atoms with Crippen LogP contribution in [0.3, 0.4) is 0 Å². The van der Waals surface area contributed by atoms with Crippen LogP contribution < -0.4 is 5.32 Å². The van der Waals surface area contributed by atoms with Gasteiger partial charge in [-0.05, 0) is 37.1 Å². The van der Waals surface area contributed by atoms with E-state index < -0.39 is 0 Å². The van der Waals surface area contributed by atoms with Crippen LogP contribution in [-0.4, -0.2) is 40.0 Å². The molecule has 0 aliphatic carbocycles. The Morgan fingerprint density at radius 2 is 2.24 bits per heavy atom. The largest absolute Gasteiger partial charge is 0.472 e. The predicted octanol–water partition coefficient (Wildman–Crippen LogP) is 2.65. The molecular weight excluding hydrogens is 320 g/mol. The molecule has 1 atom stereocenters. The number of rotatable bonds is 3. The zero-order valence-corrected chi connectivity index (χ0v) is 13.6. The number of benzene rings is 1. The minimum absolute atomic E-state index is 0.0625. The lowest BCUT2D eigenvalue weighted by molar-refractivity contribution is -0.121. The number of amides is 2. The fourth-order valence-corrected chi connectivity index (χ4v) is 3.21. The van der Waals surface area contributed by atoms with Gasteiger partial charge in [0.2, 0.25) is 5.91 Å². The Morgan fingerprint density at radius 3 is 3.08 bits per heavy atom. The Morgan fingerprint density at radius 1 is 1.32 bits per heavy atom. The van der Waals surface area contributed by atoms with Crippen LogP contribution in [0.1, 0.15) is 23.2 Å². The number of fused-ring (bicyclic) bond motifs is 1. The van der Waals surface area contributed by atoms with Crippen molar-refractivity contribution in [3.05, 3.63) is 48.6 Å². The molecule has 1 saturated heterocycles. The van der Waals surface area contributed by atoms with Crippen molar-refractivity contribution in [2.24, 2.45) is 5.92 Å². The quantitative estimate of drug-likeness (QED) is 0.768. The average molecular weight is 338 g/mol. The smallest absolute Gasteiger partial charge is 0.257 e. The molecule has 0 unspecified atom stereocenters. The number of likely N-dealkylation sites (tertiary alicyclic amines) is 1. The summed E-state index contributed by atoms with van der Waals surface area (Å²) >= 11 is 0. The molecule has 1 aromatic carbocycles. The van der Waals surface area contributed by atoms with Gasteiger partial charge in [-0.1, -0.05) is 0 Å². The van der Waals surface area contributed by atoms with Gasteiger partial charge >= 0.3 is 0 Å². The van der Waals surface area contributed by atoms with Crippen molar-refractivity contribution < 1.29 is 14.0 Å². The highest BCUT2D eigenvalue weighted by molar-refractivity contribution is 5.97. The van der Waals surface area contributed by atoms with Crippen LogP contribution in [0.4, 0.5) is 5.69 Å². The van der Waals surface area contributed by atoms with Crippen molar-refractivity contribution in [2.45, 2.75) is 12.8 Å². The number of hydrogen-bond donors (Lipinski definition) is 2. The summed E-state index contributed by atoms with van der Waals surface area (Å²) in [4.78, 5) is 26.8. The zero-order valence-electron chi connectivity index (χ0n) is 13.6. The molecule has 3 aromatic rings. The molecule has 2 aromatic heterocycles. The van der Waals surface area contributed by atoms with Gasteiger partial charge in [0.1, 0.15) is 6.26 Å². The Hall–Kier alpha value is -3.09. The van der Waals surface area contributed by atoms with E-state index in [9.17, 15) is 9.59 Å². The number of carbonyl (C=O) groups is 2. The van der Waals surface area contributed by atoms with Gasteiger partial charge in [-0.2, -0.15) is 5.10 Å². The minimum Gasteiger partial charge on any atom is -0.472 e. The summed E-state index contributed by atoms with van der Waals surface area (Å²) in [5.74, 6) is -0.372. The van der Waals surface area contributed by atoms with Crippen LogP contribution >= 0.6 is 0 Å². The molecular formula is C18H18N4O3. The number of hydrogen-bond acceptors (Lipinski definition) is 4. The molecule has 25 heavy (non-hydrogen) atoms. The van der Waals surface area contributed by atoms with Gasteiger partial charge in [-0.25, -0.2) is 0 Å². The van der Waals surface area contributed by atoms with Gasteiger partial charge in [-0.15, -0.1) is 0 Å². The van der Waals surface area contributed by atoms with E-state index in [0.717, 1.165) is 29.4 Å². The van der Waals surface area contributed by atoms with Crippen LogP contribution in [0.5, 0.6) is 0 Å². The summed E-state index contributed by atoms with van der Waals surface area (Å²) in [5, 5.41) is 10.7. The number of anilines is 1. The average Bonchev–Trinajstić information content (AvgIpc) is 3.32. The predicted molar refractivity (Wildman–Crippen MR) is 92.1 cm³/mol. The number of aromatic nitrogens is 2. The standard InChI is InChI=1S/C18H18N4O3/c23-17(20-15-3-4-16-14(8-15)9-19-21-16)12-2-1-6-22(10-12)18(24)13-5-7-25-11-13/h3-5,7-9,11-12H,1-2,6,10H2,(H,19,21)(H,20,23)/t12-/m0/s1. The van der Waals surface area contributed by atoms with E-state index in [0.29, 0.717) is 18.7 Å². The van der Waals surface area contributed by atoms with E-state index >= 15 is 0 Å². The van der Waals surface area contributed by atoms with Gasteiger partial charge in [0.15, 0.2) is 0 Å². The summed E-state index contributed by atoms with van der Waals surface area (Å²) < 4.78 is 4.97. The van der Waals surface area contributed by atoms with Crippen molar-refractivity contribution in [1.82, 2.24) is 15.1 Å². The lowest BCUT2D eigenvalue weighted by Crippen LogP contribution is -2.43. The third kappa shape index (κ3) is 3.13. The lowest BCUT2D eigenvalue weighted by atomic mass is 9.96. The topological polar surface area (TPSA) is 91.2 Å². The maximum atomic E-state index is 12.6. The van der Waals surface area contributed by atoms with Crippen molar-refractivity contribution in [1.29, 1.82) is 0 Å². The van der Waals surface area contributed by atoms with Crippen LogP contribution in [0.2, 0.25) is 0 Å². The highest BCUT2D eigenvalue weighted by Gasteiger charge is 2.29. The number of nitrogens with one attached hydrogen (secondary N) is 2. The van der Waals surface area contributed by atoms with Crippen molar-refractivity contribution in [3.8, 4) is 0 Å². The van der Waals surface area contributed by atoms with E-state index in [1.165, 1.54) is 12.5 Å². The molecule has 0 radical (unpaired) electrons. The van der Waals surface area contributed by atoms with Gasteiger partial charge in [-0.3, -0.25) is 14.7 Å². The monoisotopic (exact) mass is 338 g/mol. The molecule has 7 nitrogen and oxygen atoms in total. The number of carbonyl (C=O) groups excluding carboxylic acids is 2. The van der Waals surface area contributed by atoms with E-state index in [1.54, 1.807) is 17.2 Å². The molecule has 0 spiro atoms. The van der Waals surface area contributed by atoms with Crippen LogP contribution in [-0.2, 0) is 4.79 Å². The fraction of sp³-hybridized carbons (Fsp3) is 0.278. The van der Waals surface area contributed by atoms with Gasteiger partial charge in [0, 0.05) is 24.2 Å². The minimum atomic E-state index is -0.218. The number of piperidine rings is 1. The highest BCUT2D eigenvalue weighted by Crippen LogP contribution is 2.22. The first-order valence-corrected chi connectivity index (χ1v) is 8.26. The first kappa shape index (κ1) is 15.4. The van der Waals surface area contributed by atoms with Crippen LogP contribution in [0.25, 0.3) is 10.9 Å². The molecule has 1 aliphatic rings. The Bertz CT molecular complexity index is 900. The second-order valence-corrected chi connectivity index (χ2v) is 6.26. The van der Waals surface area contributed by atoms with Gasteiger partial charge in [0.25, 0.3) is 5.91 Å². The molecule has 3 heterocycles. The third-order valence-corrected chi connectivity index (χ3v) is 4.56. The highest BCUT2D eigenvalue weighted by atomic mass is 16.3. The first-order valence-electron chi connectivity index (χ1n) is 8.26. The summed E-state index contributed by atoms with van der Waals surface area (Å²) in [7, 11) is 0. The summed E-state index contributed by atoms with van der Waals surface area (Å²) in [6.45, 7) is 1.08. The molecule has 0 saturated carbocycles. The van der Waals surface area contributed by atoms with Crippen molar-refractivity contribution >= 4 is 28.4 Å². The number of furan rings is 1. The van der Waals surface area contributed by atoms with Crippen LogP contribution in [0.15, 0.2) is 47.4 Å². The van der Waals surface area contributed by atoms with E-state index in [4.69, 9.17) is 4.42 Å². The van der Waals surface area contributed by atoms with E-state index in [1.807, 2.05) is 18.2 Å². The lowest BCUT2D eigenvalue weighted by Gasteiger charge is -2.31. The molecule has 4 rings (SSSR count). The normalized spacial score (nSPS) is 17.6. The van der Waals surface area contributed by atoms with E-state index in [-0.39, 0.29) is 17.7 Å². The number of nitrogens with zero attached hydrogens (tertiary/aromatic N) is 2. The third-order valence-electron chi connectivity index (χ3n) is 4.56. The Balaban J connectivity index is 1.43. The molecule has 1 fully saturated rings. The first-order chi connectivity index (χ1) is 12.2. The SMILES string of the molecule is O=C(Nc1ccc2[nH]ncc2c1)[C@H]1CCCN(C(=O)c2ccoc2)C1. The molecule has 0 bridgehead atoms. The molecule has 128 valence electrons. The molecule has 2 amide bonds. The van der Waals surface area contributed by atoms with Gasteiger partial charge in [0.05, 0.1) is 29.5 Å². The van der Waals surface area contributed by atoms with Crippen molar-refractivity contribution in [3.63, 3.8) is 0 Å². The Labute approximate surface area is 144 Å². The molecule has 1 aliphatic heterocycles. The fourth-order valence-electron chi connectivity index (χ4n) is 3.21. The van der Waals surface area contributed by atoms with E-state index in [2.05, 4.69) is 15.5 Å². The maximum Gasteiger partial charge on any atom is 0.257 e. The molecule has 2 N–H and O–H groups in total. The maximum absolute atomic E-state index is 12.6. The summed E-state index contributed by atoms with van der Waals surface area (Å²) in [6.07, 6.45) is 6.22. The molecule has 7 heteroatoms. The summed E-state index contributed by atoms with van der Waals surface area (Å²) in [5.41, 5.74) is 2.18.